The van der Waals surface area contributed by atoms with Crippen LogP contribution in [0.5, 0.6) is 0 Å². The van der Waals surface area contributed by atoms with Crippen LogP contribution in [0.4, 0.5) is 13.2 Å². The summed E-state index contributed by atoms with van der Waals surface area (Å²) >= 11 is 0. The Balaban J connectivity index is 1.39. The molecule has 5 nitrogen and oxygen atoms in total. The summed E-state index contributed by atoms with van der Waals surface area (Å²) in [6.45, 7) is 2.72. The molecule has 3 aromatic rings. The largest absolute Gasteiger partial charge is 0.417 e. The quantitative estimate of drug-likeness (QED) is 0.698. The number of alkyl halides is 3. The molecule has 0 saturated carbocycles. The standard InChI is InChI=1S/C22H23F3N4O/c23-22(24,25)16-4-5-20-27-12-19(29(20)13-16)18-3-1-2-17(28-18)10-15-11-21(30-14-15)6-8-26-9-7-21/h1-5,12-13,15,26H,6-11,14H2/t15-/m0/s1. The van der Waals surface area contributed by atoms with Crippen molar-refractivity contribution < 1.29 is 17.9 Å². The minimum atomic E-state index is -4.40. The fraction of sp³-hybridized carbons (Fsp3) is 0.455. The normalized spacial score (nSPS) is 21.5. The number of pyridine rings is 2. The summed E-state index contributed by atoms with van der Waals surface area (Å²) in [4.78, 5) is 8.98. The van der Waals surface area contributed by atoms with Gasteiger partial charge in [0.15, 0.2) is 0 Å². The number of piperidine rings is 1. The third-order valence-corrected chi connectivity index (χ3v) is 6.20. The Morgan fingerprint density at radius 1 is 1.17 bits per heavy atom. The van der Waals surface area contributed by atoms with Crippen molar-refractivity contribution in [3.05, 3.63) is 54.0 Å². The molecule has 3 aromatic heterocycles. The van der Waals surface area contributed by atoms with Gasteiger partial charge in [0, 0.05) is 11.9 Å². The second-order valence-corrected chi connectivity index (χ2v) is 8.32. The van der Waals surface area contributed by atoms with Crippen molar-refractivity contribution >= 4 is 5.65 Å². The van der Waals surface area contributed by atoms with Gasteiger partial charge in [0.05, 0.1) is 35.4 Å². The van der Waals surface area contributed by atoms with Crippen LogP contribution in [-0.2, 0) is 17.3 Å². The first-order chi connectivity index (χ1) is 14.4. The number of nitrogens with one attached hydrogen (secondary N) is 1. The number of nitrogens with zero attached hydrogens (tertiary/aromatic N) is 3. The van der Waals surface area contributed by atoms with Gasteiger partial charge in [-0.1, -0.05) is 6.07 Å². The molecule has 1 N–H and O–H groups in total. The van der Waals surface area contributed by atoms with Crippen molar-refractivity contribution in [2.24, 2.45) is 5.92 Å². The van der Waals surface area contributed by atoms with Gasteiger partial charge in [-0.2, -0.15) is 13.2 Å². The first-order valence-corrected chi connectivity index (χ1v) is 10.3. The van der Waals surface area contributed by atoms with E-state index < -0.39 is 11.7 Å². The molecule has 158 valence electrons. The number of aromatic nitrogens is 3. The first kappa shape index (κ1) is 19.5. The van der Waals surface area contributed by atoms with Crippen LogP contribution in [0.25, 0.3) is 17.0 Å². The number of hydrogen-bond acceptors (Lipinski definition) is 4. The molecule has 0 aromatic carbocycles. The highest BCUT2D eigenvalue weighted by Crippen LogP contribution is 2.38. The zero-order chi connectivity index (χ0) is 20.8. The van der Waals surface area contributed by atoms with Crippen LogP contribution in [-0.4, -0.2) is 39.7 Å². The lowest BCUT2D eigenvalue weighted by Crippen LogP contribution is -2.41. The van der Waals surface area contributed by atoms with E-state index in [1.807, 2.05) is 18.2 Å². The minimum absolute atomic E-state index is 0.00315. The van der Waals surface area contributed by atoms with Gasteiger partial charge >= 0.3 is 6.18 Å². The second-order valence-electron chi connectivity index (χ2n) is 8.32. The molecular weight excluding hydrogens is 393 g/mol. The van der Waals surface area contributed by atoms with Gasteiger partial charge in [-0.3, -0.25) is 9.38 Å². The molecule has 0 amide bonds. The van der Waals surface area contributed by atoms with E-state index in [1.54, 1.807) is 6.20 Å². The molecule has 5 heterocycles. The van der Waals surface area contributed by atoms with Crippen LogP contribution >= 0.6 is 0 Å². The van der Waals surface area contributed by atoms with Crippen LogP contribution in [0.2, 0.25) is 0 Å². The third-order valence-electron chi connectivity index (χ3n) is 6.20. The fourth-order valence-corrected chi connectivity index (χ4v) is 4.67. The van der Waals surface area contributed by atoms with Crippen molar-refractivity contribution in [2.75, 3.05) is 19.7 Å². The van der Waals surface area contributed by atoms with Gasteiger partial charge in [0.2, 0.25) is 0 Å². The topological polar surface area (TPSA) is 51.5 Å². The van der Waals surface area contributed by atoms with Crippen LogP contribution in [0.15, 0.2) is 42.7 Å². The Morgan fingerprint density at radius 2 is 2.00 bits per heavy atom. The highest BCUT2D eigenvalue weighted by molar-refractivity contribution is 5.60. The highest BCUT2D eigenvalue weighted by atomic mass is 19.4. The summed E-state index contributed by atoms with van der Waals surface area (Å²) in [5, 5.41) is 3.38. The molecular formula is C22H23F3N4O. The number of ether oxygens (including phenoxy) is 1. The number of imidazole rings is 1. The Labute approximate surface area is 172 Å². The average Bonchev–Trinajstić information content (AvgIpc) is 3.32. The lowest BCUT2D eigenvalue weighted by atomic mass is 9.85. The van der Waals surface area contributed by atoms with Crippen LogP contribution < -0.4 is 5.32 Å². The molecule has 0 radical (unpaired) electrons. The van der Waals surface area contributed by atoms with Crippen LogP contribution in [0, 0.1) is 5.92 Å². The van der Waals surface area contributed by atoms with Crippen molar-refractivity contribution in [2.45, 2.75) is 37.5 Å². The van der Waals surface area contributed by atoms with Crippen molar-refractivity contribution in [1.82, 2.24) is 19.7 Å². The zero-order valence-corrected chi connectivity index (χ0v) is 16.5. The van der Waals surface area contributed by atoms with E-state index in [1.165, 1.54) is 10.5 Å². The molecule has 0 unspecified atom stereocenters. The summed E-state index contributed by atoms with van der Waals surface area (Å²) in [5.41, 5.74) is 1.85. The Kier molecular flexibility index (Phi) is 4.78. The van der Waals surface area contributed by atoms with E-state index >= 15 is 0 Å². The van der Waals surface area contributed by atoms with Crippen LogP contribution in [0.1, 0.15) is 30.5 Å². The molecule has 1 spiro atoms. The monoisotopic (exact) mass is 416 g/mol. The molecule has 0 aliphatic carbocycles. The molecule has 1 atom stereocenters. The van der Waals surface area contributed by atoms with E-state index in [9.17, 15) is 13.2 Å². The maximum absolute atomic E-state index is 13.1. The summed E-state index contributed by atoms with van der Waals surface area (Å²) in [6, 6.07) is 8.12. The first-order valence-electron chi connectivity index (χ1n) is 10.3. The summed E-state index contributed by atoms with van der Waals surface area (Å²) in [5.74, 6) is 0.407. The molecule has 5 rings (SSSR count). The van der Waals surface area contributed by atoms with Crippen molar-refractivity contribution in [3.63, 3.8) is 0 Å². The van der Waals surface area contributed by atoms with Gasteiger partial charge in [-0.15, -0.1) is 0 Å². The maximum atomic E-state index is 13.1. The van der Waals surface area contributed by atoms with Crippen molar-refractivity contribution in [1.29, 1.82) is 0 Å². The zero-order valence-electron chi connectivity index (χ0n) is 16.5. The lowest BCUT2D eigenvalue weighted by molar-refractivity contribution is -0.137. The summed E-state index contributed by atoms with van der Waals surface area (Å²) in [6.07, 6.45) is 2.17. The number of rotatable bonds is 3. The molecule has 2 saturated heterocycles. The van der Waals surface area contributed by atoms with E-state index in [2.05, 4.69) is 10.3 Å². The predicted octanol–water partition coefficient (Wildman–Crippen LogP) is 4.12. The summed E-state index contributed by atoms with van der Waals surface area (Å²) in [7, 11) is 0. The minimum Gasteiger partial charge on any atom is -0.375 e. The van der Waals surface area contributed by atoms with Gasteiger partial charge in [0.1, 0.15) is 5.65 Å². The molecule has 30 heavy (non-hydrogen) atoms. The fourth-order valence-electron chi connectivity index (χ4n) is 4.67. The molecule has 2 fully saturated rings. The van der Waals surface area contributed by atoms with Crippen molar-refractivity contribution in [3.8, 4) is 11.4 Å². The lowest BCUT2D eigenvalue weighted by Gasteiger charge is -2.33. The smallest absolute Gasteiger partial charge is 0.375 e. The number of fused-ring (bicyclic) bond motifs is 1. The number of hydrogen-bond donors (Lipinski definition) is 1. The molecule has 0 bridgehead atoms. The van der Waals surface area contributed by atoms with E-state index in [-0.39, 0.29) is 5.60 Å². The van der Waals surface area contributed by atoms with Gasteiger partial charge in [-0.05, 0) is 69.0 Å². The molecule has 2 aliphatic rings. The van der Waals surface area contributed by atoms with Gasteiger partial charge < -0.3 is 10.1 Å². The molecule has 8 heteroatoms. The van der Waals surface area contributed by atoms with Gasteiger partial charge in [-0.25, -0.2) is 4.98 Å². The average molecular weight is 416 g/mol. The maximum Gasteiger partial charge on any atom is 0.417 e. The number of halogens is 3. The SMILES string of the molecule is FC(F)(F)c1ccc2ncc(-c3cccc(C[C@@H]4COC5(CCNCC5)C4)n3)n2c1. The predicted molar refractivity (Wildman–Crippen MR) is 106 cm³/mol. The highest BCUT2D eigenvalue weighted by Gasteiger charge is 2.41. The van der Waals surface area contributed by atoms with Gasteiger partial charge in [0.25, 0.3) is 0 Å². The second kappa shape index (κ2) is 7.35. The van der Waals surface area contributed by atoms with E-state index in [0.717, 1.165) is 63.3 Å². The van der Waals surface area contributed by atoms with Crippen LogP contribution in [0.3, 0.4) is 0 Å². The third kappa shape index (κ3) is 3.70. The van der Waals surface area contributed by atoms with E-state index in [0.29, 0.717) is 23.0 Å². The Morgan fingerprint density at radius 3 is 2.80 bits per heavy atom. The Hall–Kier alpha value is -2.45. The van der Waals surface area contributed by atoms with E-state index in [4.69, 9.17) is 9.72 Å². The molecule has 2 aliphatic heterocycles. The summed E-state index contributed by atoms with van der Waals surface area (Å²) < 4.78 is 47.0. The Bertz CT molecular complexity index is 1060.